The van der Waals surface area contributed by atoms with Gasteiger partial charge in [-0.25, -0.2) is 18.1 Å². The van der Waals surface area contributed by atoms with Crippen LogP contribution in [0.4, 0.5) is 0 Å². The fourth-order valence-electron chi connectivity index (χ4n) is 4.00. The summed E-state index contributed by atoms with van der Waals surface area (Å²) in [7, 11) is -3.55. The monoisotopic (exact) mass is 391 g/mol. The Morgan fingerprint density at radius 3 is 2.41 bits per heavy atom. The standard InChI is InChI=1S/C20H29N3O3S/c1-14-9-15(2)11-23(10-14)12-16(3)22-27(24,25)19-7-5-18(6-8-19)20-13-26-17(4)21-20/h5-8,13-16,22H,9-12H2,1-4H3. The van der Waals surface area contributed by atoms with Crippen molar-refractivity contribution in [3.8, 4) is 11.3 Å². The van der Waals surface area contributed by atoms with E-state index in [4.69, 9.17) is 4.42 Å². The summed E-state index contributed by atoms with van der Waals surface area (Å²) in [5, 5.41) is 0. The highest BCUT2D eigenvalue weighted by molar-refractivity contribution is 7.89. The number of benzene rings is 1. The molecule has 1 aliphatic rings. The third-order valence-corrected chi connectivity index (χ3v) is 6.52. The molecule has 0 bridgehead atoms. The average molecular weight is 392 g/mol. The van der Waals surface area contributed by atoms with Crippen molar-refractivity contribution in [2.45, 2.75) is 45.1 Å². The van der Waals surface area contributed by atoms with E-state index in [9.17, 15) is 8.42 Å². The molecule has 1 aromatic carbocycles. The highest BCUT2D eigenvalue weighted by atomic mass is 32.2. The van der Waals surface area contributed by atoms with Gasteiger partial charge in [0.15, 0.2) is 5.89 Å². The van der Waals surface area contributed by atoms with Crippen LogP contribution in [0.15, 0.2) is 39.8 Å². The summed E-state index contributed by atoms with van der Waals surface area (Å²) in [4.78, 5) is 6.89. The summed E-state index contributed by atoms with van der Waals surface area (Å²) in [6.45, 7) is 11.0. The van der Waals surface area contributed by atoms with Gasteiger partial charge in [0.2, 0.25) is 10.0 Å². The van der Waals surface area contributed by atoms with Crippen molar-refractivity contribution in [3.63, 3.8) is 0 Å². The molecule has 0 saturated carbocycles. The predicted octanol–water partition coefficient (Wildman–Crippen LogP) is 3.29. The molecule has 7 heteroatoms. The molecule has 1 aliphatic heterocycles. The van der Waals surface area contributed by atoms with E-state index in [0.29, 0.717) is 23.4 Å². The van der Waals surface area contributed by atoms with E-state index >= 15 is 0 Å². The van der Waals surface area contributed by atoms with E-state index < -0.39 is 10.0 Å². The van der Waals surface area contributed by atoms with E-state index in [2.05, 4.69) is 28.5 Å². The number of aromatic nitrogens is 1. The molecule has 1 saturated heterocycles. The zero-order chi connectivity index (χ0) is 19.6. The molecule has 0 amide bonds. The summed E-state index contributed by atoms with van der Waals surface area (Å²) >= 11 is 0. The lowest BCUT2D eigenvalue weighted by molar-refractivity contribution is 0.134. The molecule has 2 heterocycles. The number of nitrogens with one attached hydrogen (secondary N) is 1. The maximum atomic E-state index is 12.7. The van der Waals surface area contributed by atoms with Crippen LogP contribution in [-0.2, 0) is 10.0 Å². The van der Waals surface area contributed by atoms with E-state index in [-0.39, 0.29) is 10.9 Å². The maximum absolute atomic E-state index is 12.7. The number of piperidine rings is 1. The predicted molar refractivity (Wildman–Crippen MR) is 106 cm³/mol. The second-order valence-electron chi connectivity index (χ2n) is 7.96. The van der Waals surface area contributed by atoms with Crippen LogP contribution < -0.4 is 4.72 Å². The minimum Gasteiger partial charge on any atom is -0.449 e. The van der Waals surface area contributed by atoms with Crippen molar-refractivity contribution in [2.75, 3.05) is 19.6 Å². The van der Waals surface area contributed by atoms with Crippen molar-refractivity contribution in [1.29, 1.82) is 0 Å². The molecular formula is C20H29N3O3S. The Labute approximate surface area is 162 Å². The van der Waals surface area contributed by atoms with Gasteiger partial charge in [-0.1, -0.05) is 26.0 Å². The SMILES string of the molecule is Cc1nc(-c2ccc(S(=O)(=O)NC(C)CN3CC(C)CC(C)C3)cc2)co1. The minimum atomic E-state index is -3.55. The summed E-state index contributed by atoms with van der Waals surface area (Å²) in [6, 6.07) is 6.58. The first-order valence-electron chi connectivity index (χ1n) is 9.50. The van der Waals surface area contributed by atoms with E-state index in [1.54, 1.807) is 37.5 Å². The lowest BCUT2D eigenvalue weighted by Crippen LogP contribution is -2.46. The molecule has 3 atom stereocenters. The molecule has 0 spiro atoms. The van der Waals surface area contributed by atoms with Crippen LogP contribution in [0, 0.1) is 18.8 Å². The number of nitrogens with zero attached hydrogens (tertiary/aromatic N) is 2. The molecule has 1 N–H and O–H groups in total. The number of hydrogen-bond acceptors (Lipinski definition) is 5. The molecule has 6 nitrogen and oxygen atoms in total. The van der Waals surface area contributed by atoms with Gasteiger partial charge in [0.25, 0.3) is 0 Å². The van der Waals surface area contributed by atoms with Crippen LogP contribution in [0.5, 0.6) is 0 Å². The van der Waals surface area contributed by atoms with Gasteiger partial charge in [0.05, 0.1) is 4.90 Å². The largest absolute Gasteiger partial charge is 0.449 e. The topological polar surface area (TPSA) is 75.4 Å². The first-order chi connectivity index (χ1) is 12.7. The summed E-state index contributed by atoms with van der Waals surface area (Å²) < 4.78 is 33.4. The molecule has 1 aromatic heterocycles. The highest BCUT2D eigenvalue weighted by Gasteiger charge is 2.25. The molecule has 27 heavy (non-hydrogen) atoms. The van der Waals surface area contributed by atoms with Crippen LogP contribution in [0.3, 0.4) is 0 Å². The number of hydrogen-bond donors (Lipinski definition) is 1. The van der Waals surface area contributed by atoms with Gasteiger partial charge >= 0.3 is 0 Å². The van der Waals surface area contributed by atoms with Gasteiger partial charge in [0.1, 0.15) is 12.0 Å². The van der Waals surface area contributed by atoms with Crippen molar-refractivity contribution < 1.29 is 12.8 Å². The Morgan fingerprint density at radius 1 is 1.22 bits per heavy atom. The molecule has 3 unspecified atom stereocenters. The van der Waals surface area contributed by atoms with Crippen LogP contribution in [0.1, 0.15) is 33.1 Å². The smallest absolute Gasteiger partial charge is 0.240 e. The van der Waals surface area contributed by atoms with Crippen LogP contribution >= 0.6 is 0 Å². The molecule has 0 radical (unpaired) electrons. The minimum absolute atomic E-state index is 0.148. The number of oxazole rings is 1. The Bertz CT molecular complexity index is 851. The third-order valence-electron chi connectivity index (χ3n) is 4.91. The van der Waals surface area contributed by atoms with Crippen molar-refractivity contribution in [3.05, 3.63) is 36.4 Å². The van der Waals surface area contributed by atoms with Crippen LogP contribution in [-0.4, -0.2) is 44.0 Å². The number of rotatable bonds is 6. The fraction of sp³-hybridized carbons (Fsp3) is 0.550. The normalized spacial score (nSPS) is 22.7. The van der Waals surface area contributed by atoms with Gasteiger partial charge in [-0.2, -0.15) is 0 Å². The number of sulfonamides is 1. The van der Waals surface area contributed by atoms with Gasteiger partial charge < -0.3 is 9.32 Å². The van der Waals surface area contributed by atoms with Crippen molar-refractivity contribution in [2.24, 2.45) is 11.8 Å². The van der Waals surface area contributed by atoms with E-state index in [1.165, 1.54) is 6.42 Å². The molecular weight excluding hydrogens is 362 g/mol. The lowest BCUT2D eigenvalue weighted by Gasteiger charge is -2.36. The van der Waals surface area contributed by atoms with Gasteiger partial charge in [-0.3, -0.25) is 0 Å². The summed E-state index contributed by atoms with van der Waals surface area (Å²) in [5.41, 5.74) is 1.53. The zero-order valence-electron chi connectivity index (χ0n) is 16.5. The van der Waals surface area contributed by atoms with Crippen LogP contribution in [0.25, 0.3) is 11.3 Å². The number of aryl methyl sites for hydroxylation is 1. The van der Waals surface area contributed by atoms with Crippen LogP contribution in [0.2, 0.25) is 0 Å². The quantitative estimate of drug-likeness (QED) is 0.818. The fourth-order valence-corrected chi connectivity index (χ4v) is 5.23. The Balaban J connectivity index is 1.63. The number of likely N-dealkylation sites (tertiary alicyclic amines) is 1. The Hall–Kier alpha value is -1.70. The summed E-state index contributed by atoms with van der Waals surface area (Å²) in [6.07, 6.45) is 2.81. The second-order valence-corrected chi connectivity index (χ2v) is 9.68. The average Bonchev–Trinajstić information content (AvgIpc) is 3.00. The van der Waals surface area contributed by atoms with Crippen molar-refractivity contribution in [1.82, 2.24) is 14.6 Å². The maximum Gasteiger partial charge on any atom is 0.240 e. The summed E-state index contributed by atoms with van der Waals surface area (Å²) in [5.74, 6) is 1.90. The van der Waals surface area contributed by atoms with E-state index in [0.717, 1.165) is 25.2 Å². The Morgan fingerprint density at radius 2 is 1.85 bits per heavy atom. The molecule has 148 valence electrons. The van der Waals surface area contributed by atoms with Gasteiger partial charge in [-0.15, -0.1) is 0 Å². The lowest BCUT2D eigenvalue weighted by atomic mass is 9.92. The molecule has 3 rings (SSSR count). The highest BCUT2D eigenvalue weighted by Crippen LogP contribution is 2.22. The first-order valence-corrected chi connectivity index (χ1v) is 11.0. The molecule has 0 aliphatic carbocycles. The molecule has 2 aromatic rings. The van der Waals surface area contributed by atoms with E-state index in [1.807, 2.05) is 6.92 Å². The Kier molecular flexibility index (Phi) is 6.03. The third kappa shape index (κ3) is 5.18. The van der Waals surface area contributed by atoms with Crippen molar-refractivity contribution >= 4 is 10.0 Å². The molecule has 1 fully saturated rings. The van der Waals surface area contributed by atoms with Gasteiger partial charge in [-0.05, 0) is 37.3 Å². The second kappa shape index (κ2) is 8.12. The first kappa shape index (κ1) is 20.0. The van der Waals surface area contributed by atoms with Gasteiger partial charge in [0, 0.05) is 38.2 Å². The zero-order valence-corrected chi connectivity index (χ0v) is 17.3.